The Hall–Kier alpha value is -4.29. The highest BCUT2D eigenvalue weighted by atomic mass is 19.4. The molecule has 1 saturated carbocycles. The largest absolute Gasteiger partial charge is 0.418 e. The number of nitrogens with two attached hydrogens (primary N) is 1. The quantitative estimate of drug-likeness (QED) is 0.227. The number of carbonyl (C=O) groups is 2. The summed E-state index contributed by atoms with van der Waals surface area (Å²) < 4.78 is 68.2. The monoisotopic (exact) mass is 522 g/mol. The summed E-state index contributed by atoms with van der Waals surface area (Å²) in [6.07, 6.45) is -0.923. The van der Waals surface area contributed by atoms with Crippen molar-refractivity contribution in [2.24, 2.45) is 10.7 Å². The van der Waals surface area contributed by atoms with E-state index < -0.39 is 46.4 Å². The van der Waals surface area contributed by atoms with E-state index in [2.05, 4.69) is 32.5 Å². The van der Waals surface area contributed by atoms with E-state index in [1.54, 1.807) is 6.92 Å². The average Bonchev–Trinajstić information content (AvgIpc) is 3.59. The number of carbonyl (C=O) groups excluding carboxylic acids is 2. The molecule has 1 aromatic carbocycles. The fourth-order valence-corrected chi connectivity index (χ4v) is 3.21. The molecule has 0 radical (unpaired) electrons. The minimum atomic E-state index is -4.84. The number of hydrogen-bond donors (Lipinski definition) is 4. The first kappa shape index (κ1) is 27.3. The summed E-state index contributed by atoms with van der Waals surface area (Å²) in [5.74, 6) is -3.35. The molecule has 13 heteroatoms. The second kappa shape index (κ2) is 10.8. The van der Waals surface area contributed by atoms with Gasteiger partial charge in [-0.2, -0.15) is 13.2 Å². The van der Waals surface area contributed by atoms with Gasteiger partial charge in [0.05, 0.1) is 40.9 Å². The molecular weight excluding hydrogens is 499 g/mol. The van der Waals surface area contributed by atoms with Crippen molar-refractivity contribution in [2.45, 2.75) is 38.0 Å². The first-order valence-electron chi connectivity index (χ1n) is 10.9. The molecule has 1 fully saturated rings. The molecular formula is C24H23F5N6O2. The molecule has 0 bridgehead atoms. The number of aromatic nitrogens is 1. The Morgan fingerprint density at radius 1 is 1.24 bits per heavy atom. The number of allylic oxidation sites excluding steroid dienone is 1. The van der Waals surface area contributed by atoms with E-state index in [1.165, 1.54) is 6.21 Å². The number of anilines is 2. The third-order valence-electron chi connectivity index (χ3n) is 5.33. The van der Waals surface area contributed by atoms with Crippen LogP contribution in [0.25, 0.3) is 0 Å². The normalized spacial score (nSPS) is 14.8. The van der Waals surface area contributed by atoms with E-state index in [0.29, 0.717) is 24.6 Å². The zero-order chi connectivity index (χ0) is 27.4. The Labute approximate surface area is 208 Å². The van der Waals surface area contributed by atoms with Crippen molar-refractivity contribution in [1.29, 1.82) is 0 Å². The fraction of sp³-hybridized carbons (Fsp3) is 0.250. The molecule has 0 unspecified atom stereocenters. The number of pyridine rings is 1. The predicted octanol–water partition coefficient (Wildman–Crippen LogP) is 3.83. The Balaban J connectivity index is 1.65. The van der Waals surface area contributed by atoms with E-state index >= 15 is 0 Å². The molecule has 0 aliphatic heterocycles. The third kappa shape index (κ3) is 6.68. The SMILES string of the molecule is C=C(C)/N=C\C(=C/N)C(=O)NC1(C(=O)NCc2ncc(Nc3c(F)cccc3C(F)(F)F)cc2F)CC1. The molecule has 0 saturated heterocycles. The lowest BCUT2D eigenvalue weighted by Gasteiger charge is -2.18. The van der Waals surface area contributed by atoms with E-state index in [9.17, 15) is 31.5 Å². The minimum Gasteiger partial charge on any atom is -0.404 e. The lowest BCUT2D eigenvalue weighted by Crippen LogP contribution is -2.49. The standard InChI is InChI=1S/C24H23F5N6O2/c1-13(2)31-10-14(9-30)21(36)35-23(6-7-23)22(37)33-12-19-18(26)8-15(11-32-19)34-20-16(24(27,28)29)4-3-5-17(20)25/h3-5,8-11,34H,1,6-7,12,30H2,2H3,(H,33,37)(H,35,36)/b14-9+,31-10-. The van der Waals surface area contributed by atoms with Gasteiger partial charge in [0.25, 0.3) is 5.91 Å². The van der Waals surface area contributed by atoms with Crippen molar-refractivity contribution in [3.8, 4) is 0 Å². The molecule has 3 rings (SSSR count). The van der Waals surface area contributed by atoms with Gasteiger partial charge >= 0.3 is 6.18 Å². The van der Waals surface area contributed by atoms with Gasteiger partial charge in [-0.15, -0.1) is 0 Å². The number of rotatable bonds is 9. The van der Waals surface area contributed by atoms with Crippen molar-refractivity contribution >= 4 is 29.4 Å². The van der Waals surface area contributed by atoms with Crippen molar-refractivity contribution < 1.29 is 31.5 Å². The molecule has 37 heavy (non-hydrogen) atoms. The number of hydrogen-bond acceptors (Lipinski definition) is 6. The number of halogens is 5. The second-order valence-electron chi connectivity index (χ2n) is 8.27. The Bertz CT molecular complexity index is 1280. The van der Waals surface area contributed by atoms with Gasteiger partial charge in [-0.1, -0.05) is 12.6 Å². The molecule has 1 aliphatic rings. The van der Waals surface area contributed by atoms with Gasteiger partial charge in [-0.3, -0.25) is 19.6 Å². The van der Waals surface area contributed by atoms with Gasteiger partial charge in [-0.05, 0) is 31.9 Å². The summed E-state index contributed by atoms with van der Waals surface area (Å²) in [6, 6.07) is 3.25. The van der Waals surface area contributed by atoms with Crippen LogP contribution < -0.4 is 21.7 Å². The lowest BCUT2D eigenvalue weighted by molar-refractivity contribution is -0.137. The Kier molecular flexibility index (Phi) is 7.94. The summed E-state index contributed by atoms with van der Waals surface area (Å²) in [5.41, 5.74) is 2.11. The van der Waals surface area contributed by atoms with Crippen LogP contribution in [-0.4, -0.2) is 28.6 Å². The van der Waals surface area contributed by atoms with Crippen LogP contribution in [0.4, 0.5) is 33.3 Å². The number of aliphatic imine (C=N–C) groups is 1. The van der Waals surface area contributed by atoms with Crippen LogP contribution in [0, 0.1) is 11.6 Å². The van der Waals surface area contributed by atoms with Crippen molar-refractivity contribution in [3.05, 3.63) is 77.4 Å². The fourth-order valence-electron chi connectivity index (χ4n) is 3.21. The minimum absolute atomic E-state index is 0.0152. The Morgan fingerprint density at radius 2 is 1.95 bits per heavy atom. The van der Waals surface area contributed by atoms with Crippen LogP contribution in [0.15, 0.2) is 59.5 Å². The number of nitrogens with one attached hydrogen (secondary N) is 3. The number of amides is 2. The van der Waals surface area contributed by atoms with E-state index in [-0.39, 0.29) is 23.5 Å². The molecule has 1 aromatic heterocycles. The van der Waals surface area contributed by atoms with Crippen LogP contribution >= 0.6 is 0 Å². The zero-order valence-electron chi connectivity index (χ0n) is 19.5. The number of benzene rings is 1. The second-order valence-corrected chi connectivity index (χ2v) is 8.27. The van der Waals surface area contributed by atoms with E-state index in [4.69, 9.17) is 5.73 Å². The van der Waals surface area contributed by atoms with Crippen molar-refractivity contribution in [2.75, 3.05) is 5.32 Å². The molecule has 2 aromatic rings. The van der Waals surface area contributed by atoms with Crippen molar-refractivity contribution in [1.82, 2.24) is 15.6 Å². The van der Waals surface area contributed by atoms with Gasteiger partial charge in [0.2, 0.25) is 5.91 Å². The van der Waals surface area contributed by atoms with Gasteiger partial charge in [0.15, 0.2) is 0 Å². The highest BCUT2D eigenvalue weighted by Crippen LogP contribution is 2.38. The van der Waals surface area contributed by atoms with Crippen LogP contribution in [0.1, 0.15) is 31.0 Å². The first-order valence-corrected chi connectivity index (χ1v) is 10.9. The van der Waals surface area contributed by atoms with Crippen LogP contribution in [0.2, 0.25) is 0 Å². The van der Waals surface area contributed by atoms with Crippen LogP contribution in [0.5, 0.6) is 0 Å². The average molecular weight is 522 g/mol. The highest BCUT2D eigenvalue weighted by Gasteiger charge is 2.51. The summed E-state index contributed by atoms with van der Waals surface area (Å²) in [7, 11) is 0. The topological polar surface area (TPSA) is 121 Å². The Morgan fingerprint density at radius 3 is 2.51 bits per heavy atom. The van der Waals surface area contributed by atoms with Gasteiger partial charge in [-0.25, -0.2) is 8.78 Å². The maximum atomic E-state index is 14.6. The maximum absolute atomic E-state index is 14.6. The molecule has 1 aliphatic carbocycles. The maximum Gasteiger partial charge on any atom is 0.418 e. The summed E-state index contributed by atoms with van der Waals surface area (Å²) in [5, 5.41) is 7.26. The summed E-state index contributed by atoms with van der Waals surface area (Å²) in [4.78, 5) is 32.8. The molecule has 196 valence electrons. The van der Waals surface area contributed by atoms with E-state index in [1.807, 2.05) is 0 Å². The van der Waals surface area contributed by atoms with E-state index in [0.717, 1.165) is 30.6 Å². The number of nitrogens with zero attached hydrogens (tertiary/aromatic N) is 2. The third-order valence-corrected chi connectivity index (χ3v) is 5.33. The first-order chi connectivity index (χ1) is 17.4. The number of para-hydroxylation sites is 1. The zero-order valence-corrected chi connectivity index (χ0v) is 19.5. The molecule has 8 nitrogen and oxygen atoms in total. The highest BCUT2D eigenvalue weighted by molar-refractivity contribution is 6.13. The smallest absolute Gasteiger partial charge is 0.404 e. The van der Waals surface area contributed by atoms with Gasteiger partial charge in [0.1, 0.15) is 17.2 Å². The molecule has 0 atom stereocenters. The van der Waals surface area contributed by atoms with Crippen LogP contribution in [0.3, 0.4) is 0 Å². The predicted molar refractivity (Wildman–Crippen MR) is 126 cm³/mol. The number of alkyl halides is 3. The van der Waals surface area contributed by atoms with Crippen LogP contribution in [-0.2, 0) is 22.3 Å². The molecule has 1 heterocycles. The molecule has 0 spiro atoms. The van der Waals surface area contributed by atoms with Gasteiger partial charge < -0.3 is 21.7 Å². The van der Waals surface area contributed by atoms with Gasteiger partial charge in [0, 0.05) is 24.2 Å². The van der Waals surface area contributed by atoms with Crippen molar-refractivity contribution in [3.63, 3.8) is 0 Å². The summed E-state index contributed by atoms with van der Waals surface area (Å²) in [6.45, 7) is 4.83. The lowest BCUT2D eigenvalue weighted by atomic mass is 10.1. The molecule has 5 N–H and O–H groups in total. The summed E-state index contributed by atoms with van der Waals surface area (Å²) >= 11 is 0. The molecule has 2 amide bonds.